The molecule has 1 aliphatic rings. The van der Waals surface area contributed by atoms with Crippen LogP contribution in [0.15, 0.2) is 73.2 Å². The van der Waals surface area contributed by atoms with Crippen LogP contribution in [0, 0.1) is 5.82 Å². The average Bonchev–Trinajstić information content (AvgIpc) is 3.53. The maximum Gasteiger partial charge on any atom is 0.148 e. The predicted molar refractivity (Wildman–Crippen MR) is 119 cm³/mol. The Balaban J connectivity index is 1.45. The van der Waals surface area contributed by atoms with Crippen molar-refractivity contribution in [1.29, 1.82) is 0 Å². The fourth-order valence-electron chi connectivity index (χ4n) is 3.98. The third-order valence-corrected chi connectivity index (χ3v) is 6.69. The number of aromatic nitrogens is 4. The van der Waals surface area contributed by atoms with Gasteiger partial charge in [-0.1, -0.05) is 18.2 Å². The minimum Gasteiger partial charge on any atom is -0.493 e. The largest absolute Gasteiger partial charge is 0.493 e. The molecule has 1 N–H and O–H groups in total. The molecular formula is C24H17FN4OS. The number of nitrogens with one attached hydrogen (secondary N) is 1. The third kappa shape index (κ3) is 3.05. The molecule has 152 valence electrons. The molecule has 4 heterocycles. The molecular weight excluding hydrogens is 411 g/mol. The molecule has 1 aliphatic heterocycles. The third-order valence-electron chi connectivity index (χ3n) is 5.47. The molecule has 3 aromatic heterocycles. The molecule has 2 aromatic carbocycles. The Morgan fingerprint density at radius 1 is 1.03 bits per heavy atom. The number of nitrogens with zero attached hydrogens (tertiary/aromatic N) is 3. The monoisotopic (exact) mass is 428 g/mol. The topological polar surface area (TPSA) is 55.7 Å². The van der Waals surface area contributed by atoms with Gasteiger partial charge in [0.1, 0.15) is 17.3 Å². The number of hydrogen-bond donors (Lipinski definition) is 1. The van der Waals surface area contributed by atoms with Gasteiger partial charge in [0.05, 0.1) is 29.6 Å². The number of hydrogen-bond acceptors (Lipinski definition) is 4. The minimum absolute atomic E-state index is 0.295. The van der Waals surface area contributed by atoms with E-state index in [-0.39, 0.29) is 5.82 Å². The number of ether oxygens (including phenoxy) is 1. The first kappa shape index (κ1) is 18.1. The van der Waals surface area contributed by atoms with Crippen LogP contribution in [0.1, 0.15) is 4.88 Å². The Kier molecular flexibility index (Phi) is 4.21. The minimum atomic E-state index is -0.295. The van der Waals surface area contributed by atoms with E-state index in [4.69, 9.17) is 4.74 Å². The van der Waals surface area contributed by atoms with Crippen molar-refractivity contribution < 1.29 is 9.13 Å². The van der Waals surface area contributed by atoms with Crippen molar-refractivity contribution in [2.24, 2.45) is 0 Å². The Hall–Kier alpha value is -3.71. The molecule has 0 saturated carbocycles. The van der Waals surface area contributed by atoms with Crippen molar-refractivity contribution in [3.63, 3.8) is 0 Å². The van der Waals surface area contributed by atoms with Crippen LogP contribution in [0.3, 0.4) is 0 Å². The Labute approximate surface area is 181 Å². The van der Waals surface area contributed by atoms with E-state index in [1.54, 1.807) is 40.5 Å². The number of fused-ring (bicyclic) bond motifs is 3. The summed E-state index contributed by atoms with van der Waals surface area (Å²) in [5.41, 5.74) is 5.63. The zero-order valence-electron chi connectivity index (χ0n) is 16.4. The van der Waals surface area contributed by atoms with Gasteiger partial charge in [0.2, 0.25) is 0 Å². The lowest BCUT2D eigenvalue weighted by atomic mass is 10.0. The second-order valence-electron chi connectivity index (χ2n) is 7.32. The van der Waals surface area contributed by atoms with Gasteiger partial charge in [0.15, 0.2) is 0 Å². The molecule has 0 unspecified atom stereocenters. The highest BCUT2D eigenvalue weighted by atomic mass is 32.1. The summed E-state index contributed by atoms with van der Waals surface area (Å²) in [4.78, 5) is 2.31. The lowest BCUT2D eigenvalue weighted by molar-refractivity contribution is 0.327. The first-order valence-electron chi connectivity index (χ1n) is 9.96. The van der Waals surface area contributed by atoms with E-state index >= 15 is 0 Å². The zero-order valence-corrected chi connectivity index (χ0v) is 17.2. The van der Waals surface area contributed by atoms with Crippen molar-refractivity contribution in [3.05, 3.63) is 83.9 Å². The second-order valence-corrected chi connectivity index (χ2v) is 8.46. The van der Waals surface area contributed by atoms with Gasteiger partial charge in [-0.3, -0.25) is 5.10 Å². The van der Waals surface area contributed by atoms with Crippen LogP contribution in [0.5, 0.6) is 5.75 Å². The highest BCUT2D eigenvalue weighted by Gasteiger charge is 2.22. The molecule has 0 bridgehead atoms. The fourth-order valence-corrected chi connectivity index (χ4v) is 5.15. The summed E-state index contributed by atoms with van der Waals surface area (Å²) in [6, 6.07) is 17.0. The van der Waals surface area contributed by atoms with Gasteiger partial charge in [0.25, 0.3) is 0 Å². The summed E-state index contributed by atoms with van der Waals surface area (Å²) in [5.74, 6) is 0.570. The second kappa shape index (κ2) is 7.21. The standard InChI is InChI=1S/C24H17FN4OS/c25-19-3-1-2-4-20(19)29-21(7-9-28-29)24-12-18-17-6-5-15(16-13-26-27-14-16)11-22(17)30-10-8-23(18)31-24/h1-7,9,11-14H,8,10H2,(H,26,27). The van der Waals surface area contributed by atoms with Crippen LogP contribution in [-0.2, 0) is 6.42 Å². The predicted octanol–water partition coefficient (Wildman–Crippen LogP) is 5.73. The van der Waals surface area contributed by atoms with E-state index in [0.717, 1.165) is 45.0 Å². The normalized spacial score (nSPS) is 12.7. The number of H-pyrrole nitrogens is 1. The molecule has 0 saturated heterocycles. The number of halogens is 1. The maximum absolute atomic E-state index is 14.4. The smallest absolute Gasteiger partial charge is 0.148 e. The lowest BCUT2D eigenvalue weighted by Crippen LogP contribution is -2.01. The van der Waals surface area contributed by atoms with Crippen molar-refractivity contribution in [2.45, 2.75) is 6.42 Å². The number of rotatable bonds is 3. The van der Waals surface area contributed by atoms with E-state index in [1.165, 1.54) is 10.9 Å². The van der Waals surface area contributed by atoms with Gasteiger partial charge in [-0.05, 0) is 42.0 Å². The summed E-state index contributed by atoms with van der Waals surface area (Å²) in [6.07, 6.45) is 6.21. The Morgan fingerprint density at radius 3 is 2.84 bits per heavy atom. The van der Waals surface area contributed by atoms with E-state index in [0.29, 0.717) is 12.3 Å². The number of benzene rings is 2. The molecule has 0 fully saturated rings. The summed E-state index contributed by atoms with van der Waals surface area (Å²) >= 11 is 1.71. The summed E-state index contributed by atoms with van der Waals surface area (Å²) in [5, 5.41) is 11.3. The van der Waals surface area contributed by atoms with Gasteiger partial charge in [-0.25, -0.2) is 9.07 Å². The first-order chi connectivity index (χ1) is 15.3. The molecule has 0 aliphatic carbocycles. The molecule has 0 amide bonds. The Bertz CT molecular complexity index is 1390. The number of aromatic amines is 1. The molecule has 0 radical (unpaired) electrons. The molecule has 0 spiro atoms. The Morgan fingerprint density at radius 2 is 1.97 bits per heavy atom. The van der Waals surface area contributed by atoms with Gasteiger partial charge in [-0.15, -0.1) is 11.3 Å². The quantitative estimate of drug-likeness (QED) is 0.399. The molecule has 6 rings (SSSR count). The van der Waals surface area contributed by atoms with E-state index in [1.807, 2.05) is 18.3 Å². The SMILES string of the molecule is Fc1ccccc1-n1nccc1-c1cc2c(s1)CCOc1cc(-c3cn[nH]c3)ccc1-2. The van der Waals surface area contributed by atoms with Crippen molar-refractivity contribution in [2.75, 3.05) is 6.61 Å². The summed E-state index contributed by atoms with van der Waals surface area (Å²) < 4.78 is 22.1. The van der Waals surface area contributed by atoms with Crippen LogP contribution in [0.2, 0.25) is 0 Å². The molecule has 5 nitrogen and oxygen atoms in total. The molecule has 7 heteroatoms. The van der Waals surface area contributed by atoms with Crippen LogP contribution < -0.4 is 4.74 Å². The van der Waals surface area contributed by atoms with Crippen LogP contribution in [0.25, 0.3) is 38.5 Å². The number of para-hydroxylation sites is 1. The number of thiophene rings is 1. The summed E-state index contributed by atoms with van der Waals surface area (Å²) in [6.45, 7) is 0.612. The van der Waals surface area contributed by atoms with Crippen LogP contribution >= 0.6 is 11.3 Å². The fraction of sp³-hybridized carbons (Fsp3) is 0.0833. The van der Waals surface area contributed by atoms with E-state index in [9.17, 15) is 4.39 Å². The van der Waals surface area contributed by atoms with Crippen LogP contribution in [-0.4, -0.2) is 26.6 Å². The first-order valence-corrected chi connectivity index (χ1v) is 10.8. The van der Waals surface area contributed by atoms with Crippen molar-refractivity contribution >= 4 is 11.3 Å². The average molecular weight is 428 g/mol. The van der Waals surface area contributed by atoms with Gasteiger partial charge in [0, 0.05) is 34.2 Å². The molecule has 5 aromatic rings. The van der Waals surface area contributed by atoms with Crippen molar-refractivity contribution in [3.8, 4) is 44.3 Å². The van der Waals surface area contributed by atoms with Gasteiger partial charge in [-0.2, -0.15) is 10.2 Å². The van der Waals surface area contributed by atoms with Crippen LogP contribution in [0.4, 0.5) is 4.39 Å². The zero-order chi connectivity index (χ0) is 20.8. The van der Waals surface area contributed by atoms with Gasteiger partial charge >= 0.3 is 0 Å². The highest BCUT2D eigenvalue weighted by molar-refractivity contribution is 7.16. The van der Waals surface area contributed by atoms with E-state index < -0.39 is 0 Å². The van der Waals surface area contributed by atoms with Crippen molar-refractivity contribution in [1.82, 2.24) is 20.0 Å². The van der Waals surface area contributed by atoms with E-state index in [2.05, 4.69) is 39.6 Å². The summed E-state index contributed by atoms with van der Waals surface area (Å²) in [7, 11) is 0. The molecule has 0 atom stereocenters. The van der Waals surface area contributed by atoms with Gasteiger partial charge < -0.3 is 4.74 Å². The molecule has 31 heavy (non-hydrogen) atoms. The maximum atomic E-state index is 14.4. The lowest BCUT2D eigenvalue weighted by Gasteiger charge is -2.09. The highest BCUT2D eigenvalue weighted by Crippen LogP contribution is 2.44.